The van der Waals surface area contributed by atoms with Crippen molar-refractivity contribution in [3.05, 3.63) is 66.4 Å². The Balaban J connectivity index is 0.000000147. The summed E-state index contributed by atoms with van der Waals surface area (Å²) in [5, 5.41) is 0. The van der Waals surface area contributed by atoms with E-state index in [0.717, 1.165) is 16.7 Å². The van der Waals surface area contributed by atoms with Crippen molar-refractivity contribution in [2.45, 2.75) is 11.8 Å². The normalized spacial score (nSPS) is 12.9. The van der Waals surface area contributed by atoms with E-state index in [1.54, 1.807) is 12.3 Å². The lowest BCUT2D eigenvalue weighted by Crippen LogP contribution is -2.15. The molecule has 0 aliphatic carbocycles. The molecule has 8 heteroatoms. The molecule has 30 heavy (non-hydrogen) atoms. The quantitative estimate of drug-likeness (QED) is 0.479. The van der Waals surface area contributed by atoms with Crippen LogP contribution in [0.2, 0.25) is 0 Å². The largest absolute Gasteiger partial charge is 0.486 e. The highest BCUT2D eigenvalue weighted by atomic mass is 32.2. The van der Waals surface area contributed by atoms with Crippen LogP contribution in [0.4, 0.5) is 0 Å². The van der Waals surface area contributed by atoms with Gasteiger partial charge in [-0.2, -0.15) is 4.98 Å². The lowest BCUT2D eigenvalue weighted by Gasteiger charge is -2.18. The maximum absolute atomic E-state index is 11.2. The van der Waals surface area contributed by atoms with E-state index in [0.29, 0.717) is 36.3 Å². The van der Waals surface area contributed by atoms with Crippen LogP contribution in [0.1, 0.15) is 5.56 Å². The van der Waals surface area contributed by atoms with Gasteiger partial charge < -0.3 is 13.9 Å². The molecule has 0 saturated heterocycles. The molecule has 5 rings (SSSR count). The molecule has 7 nitrogen and oxygen atoms in total. The molecule has 1 aliphatic rings. The van der Waals surface area contributed by atoms with Gasteiger partial charge in [0.25, 0.3) is 0 Å². The molecule has 0 radical (unpaired) electrons. The van der Waals surface area contributed by atoms with Crippen molar-refractivity contribution in [3.63, 3.8) is 0 Å². The number of nitrogens with zero attached hydrogens (tertiary/aromatic N) is 2. The number of oxazole rings is 1. The van der Waals surface area contributed by atoms with Gasteiger partial charge >= 0.3 is 0 Å². The predicted molar refractivity (Wildman–Crippen MR) is 113 cm³/mol. The van der Waals surface area contributed by atoms with Crippen molar-refractivity contribution < 1.29 is 22.3 Å². The number of aromatic nitrogens is 2. The van der Waals surface area contributed by atoms with Crippen LogP contribution in [0, 0.1) is 6.92 Å². The fourth-order valence-electron chi connectivity index (χ4n) is 2.95. The summed E-state index contributed by atoms with van der Waals surface area (Å²) in [4.78, 5) is 8.77. The SMILES string of the molecule is CS(=O)(=O)c1ccc2c(c1)OCCO2.Cc1ccccc1-c1nc2ncccc2o1. The molecular formula is C22H20N2O5S. The third-order valence-corrected chi connectivity index (χ3v) is 5.59. The van der Waals surface area contributed by atoms with Gasteiger partial charge in [0.15, 0.2) is 32.6 Å². The van der Waals surface area contributed by atoms with E-state index < -0.39 is 9.84 Å². The Kier molecular flexibility index (Phi) is 5.41. The molecule has 0 saturated carbocycles. The average molecular weight is 424 g/mol. The van der Waals surface area contributed by atoms with Gasteiger partial charge in [-0.25, -0.2) is 13.4 Å². The van der Waals surface area contributed by atoms with E-state index >= 15 is 0 Å². The zero-order chi connectivity index (χ0) is 21.1. The summed E-state index contributed by atoms with van der Waals surface area (Å²) in [6.07, 6.45) is 2.88. The van der Waals surface area contributed by atoms with Crippen LogP contribution >= 0.6 is 0 Å². The molecule has 0 amide bonds. The predicted octanol–water partition coefficient (Wildman–Crippen LogP) is 4.06. The molecule has 0 fully saturated rings. The molecule has 3 heterocycles. The van der Waals surface area contributed by atoms with Gasteiger partial charge in [0.2, 0.25) is 5.89 Å². The second-order valence-corrected chi connectivity index (χ2v) is 8.75. The summed E-state index contributed by atoms with van der Waals surface area (Å²) in [6.45, 7) is 3.00. The van der Waals surface area contributed by atoms with Crippen molar-refractivity contribution in [3.8, 4) is 23.0 Å². The van der Waals surface area contributed by atoms with Crippen LogP contribution in [-0.2, 0) is 9.84 Å². The third kappa shape index (κ3) is 4.28. The van der Waals surface area contributed by atoms with Crippen molar-refractivity contribution in [2.75, 3.05) is 19.5 Å². The van der Waals surface area contributed by atoms with E-state index in [9.17, 15) is 8.42 Å². The summed E-state index contributed by atoms with van der Waals surface area (Å²) in [5.41, 5.74) is 3.54. The minimum absolute atomic E-state index is 0.252. The Morgan fingerprint density at radius 1 is 0.933 bits per heavy atom. The van der Waals surface area contributed by atoms with Crippen molar-refractivity contribution in [1.29, 1.82) is 0 Å². The van der Waals surface area contributed by atoms with Gasteiger partial charge in [0.1, 0.15) is 13.2 Å². The van der Waals surface area contributed by atoms with Crippen molar-refractivity contribution in [1.82, 2.24) is 9.97 Å². The van der Waals surface area contributed by atoms with E-state index in [-0.39, 0.29) is 4.90 Å². The Hall–Kier alpha value is -3.39. The van der Waals surface area contributed by atoms with Gasteiger partial charge in [-0.1, -0.05) is 18.2 Å². The monoisotopic (exact) mass is 424 g/mol. The van der Waals surface area contributed by atoms with Crippen LogP contribution in [0.25, 0.3) is 22.7 Å². The average Bonchev–Trinajstić information content (AvgIpc) is 3.17. The smallest absolute Gasteiger partial charge is 0.229 e. The first kappa shape index (κ1) is 19.9. The number of sulfone groups is 1. The first-order chi connectivity index (χ1) is 14.4. The number of rotatable bonds is 2. The summed E-state index contributed by atoms with van der Waals surface area (Å²) in [7, 11) is -3.17. The summed E-state index contributed by atoms with van der Waals surface area (Å²) < 4.78 is 38.6. The Morgan fingerprint density at radius 3 is 2.43 bits per heavy atom. The van der Waals surface area contributed by atoms with Gasteiger partial charge in [0.05, 0.1) is 4.90 Å². The first-order valence-corrected chi connectivity index (χ1v) is 11.2. The molecule has 2 aromatic heterocycles. The minimum atomic E-state index is -3.17. The number of hydrogen-bond donors (Lipinski definition) is 0. The highest BCUT2D eigenvalue weighted by Gasteiger charge is 2.15. The Labute approximate surface area is 174 Å². The van der Waals surface area contributed by atoms with E-state index in [1.807, 2.05) is 43.3 Å². The Morgan fingerprint density at radius 2 is 1.70 bits per heavy atom. The molecule has 0 atom stereocenters. The van der Waals surface area contributed by atoms with E-state index in [4.69, 9.17) is 13.9 Å². The van der Waals surface area contributed by atoms with Crippen LogP contribution < -0.4 is 9.47 Å². The molecule has 1 aliphatic heterocycles. The van der Waals surface area contributed by atoms with Crippen LogP contribution in [-0.4, -0.2) is 37.9 Å². The molecule has 0 N–H and O–H groups in total. The number of ether oxygens (including phenoxy) is 2. The zero-order valence-corrected chi connectivity index (χ0v) is 17.3. The summed E-state index contributed by atoms with van der Waals surface area (Å²) in [5.74, 6) is 1.73. The van der Waals surface area contributed by atoms with Crippen LogP contribution in [0.15, 0.2) is 70.1 Å². The summed E-state index contributed by atoms with van der Waals surface area (Å²) >= 11 is 0. The number of fused-ring (bicyclic) bond motifs is 2. The van der Waals surface area contributed by atoms with Gasteiger partial charge in [0, 0.05) is 24.1 Å². The Bertz CT molecular complexity index is 1260. The van der Waals surface area contributed by atoms with Crippen molar-refractivity contribution in [2.24, 2.45) is 0 Å². The number of pyridine rings is 1. The molecule has 0 spiro atoms. The van der Waals surface area contributed by atoms with E-state index in [1.165, 1.54) is 18.4 Å². The van der Waals surface area contributed by atoms with Gasteiger partial charge in [-0.05, 0) is 42.8 Å². The first-order valence-electron chi connectivity index (χ1n) is 9.29. The maximum Gasteiger partial charge on any atom is 0.229 e. The summed E-state index contributed by atoms with van der Waals surface area (Å²) in [6, 6.07) is 16.4. The standard InChI is InChI=1S/C13H10N2O.C9H10O4S/c1-9-5-2-3-6-10(9)13-15-12-11(16-13)7-4-8-14-12;1-14(10,11)7-2-3-8-9(6-7)13-5-4-12-8/h2-8H,1H3;2-3,6H,4-5H2,1H3. The third-order valence-electron chi connectivity index (χ3n) is 4.48. The highest BCUT2D eigenvalue weighted by molar-refractivity contribution is 7.90. The lowest BCUT2D eigenvalue weighted by atomic mass is 10.1. The van der Waals surface area contributed by atoms with Crippen molar-refractivity contribution >= 4 is 21.1 Å². The highest BCUT2D eigenvalue weighted by Crippen LogP contribution is 2.32. The van der Waals surface area contributed by atoms with Crippen LogP contribution in [0.3, 0.4) is 0 Å². The minimum Gasteiger partial charge on any atom is -0.486 e. The topological polar surface area (TPSA) is 91.5 Å². The number of benzene rings is 2. The fraction of sp³-hybridized carbons (Fsp3) is 0.182. The van der Waals surface area contributed by atoms with E-state index in [2.05, 4.69) is 9.97 Å². The number of hydrogen-bond acceptors (Lipinski definition) is 7. The molecule has 2 aromatic carbocycles. The zero-order valence-electron chi connectivity index (χ0n) is 16.5. The fourth-order valence-corrected chi connectivity index (χ4v) is 3.59. The lowest BCUT2D eigenvalue weighted by molar-refractivity contribution is 0.171. The molecule has 154 valence electrons. The second kappa shape index (κ2) is 8.16. The van der Waals surface area contributed by atoms with Gasteiger partial charge in [-0.15, -0.1) is 0 Å². The molecule has 0 bridgehead atoms. The molecule has 0 unspecified atom stereocenters. The van der Waals surface area contributed by atoms with Gasteiger partial charge in [-0.3, -0.25) is 0 Å². The maximum atomic E-state index is 11.2. The second-order valence-electron chi connectivity index (χ2n) is 6.74. The molecule has 4 aromatic rings. The molecular weight excluding hydrogens is 404 g/mol. The number of aryl methyl sites for hydroxylation is 1. The van der Waals surface area contributed by atoms with Crippen LogP contribution in [0.5, 0.6) is 11.5 Å².